The number of carbonyl (C=O) groups excluding carboxylic acids is 5. The molecule has 7 rings (SSSR count). The van der Waals surface area contributed by atoms with Crippen molar-refractivity contribution in [2.45, 2.75) is 104 Å². The van der Waals surface area contributed by atoms with Crippen molar-refractivity contribution < 1.29 is 47.8 Å². The number of aliphatic hydroxyl groups excluding tert-OH is 1. The van der Waals surface area contributed by atoms with E-state index >= 15 is 0 Å². The van der Waals surface area contributed by atoms with Crippen molar-refractivity contribution >= 4 is 53.3 Å². The minimum atomic E-state index is -0.935. The summed E-state index contributed by atoms with van der Waals surface area (Å²) in [6.07, 6.45) is 6.40. The number of aromatic nitrogens is 1. The molecule has 1 fully saturated rings. The molecular weight excluding hydrogens is 948 g/mol. The van der Waals surface area contributed by atoms with Crippen LogP contribution in [0.25, 0.3) is 17.2 Å². The van der Waals surface area contributed by atoms with Crippen molar-refractivity contribution in [3.05, 3.63) is 136 Å². The molecule has 1 aromatic heterocycles. The zero-order chi connectivity index (χ0) is 52.4. The quantitative estimate of drug-likeness (QED) is 0.0436. The van der Waals surface area contributed by atoms with Crippen LogP contribution in [-0.4, -0.2) is 120 Å². The topological polar surface area (TPSA) is 185 Å². The number of pyridine rings is 1. The van der Waals surface area contributed by atoms with E-state index in [2.05, 4.69) is 40.1 Å². The Balaban J connectivity index is 0.875. The standard InChI is InChI=1S/C57H69ClN6O9/c1-35(2)52(62-56(69)71-34-49-47-14-10-8-12-45(47)46-13-9-11-15-48(46)49)55(68)60-39(6)54(67)61-43-20-18-40(19-21-43)33-64(7)26-24-63(25-27-64)57(70)72-50-23-17-37(4)53(38(5)28-41-29-42(58)32-59-31-41)73-51(66)30-44(65)22-16-36(50)3/h8-15,17-21,23,28-29,31-32,35-37,39,44,49-50,52-53,65H,16,22,24-27,30,33-34H2,1-7H3,(H2-,60,61,62,67,68,69)/p+1/b23-17+,38-28+/t36-,37-,39?,44+,50-,52?,53-/m0/s1. The molecule has 73 heavy (non-hydrogen) atoms. The van der Waals surface area contributed by atoms with Crippen LogP contribution < -0.4 is 16.0 Å². The number of rotatable bonds is 13. The molecule has 3 aliphatic rings. The molecular formula is C57H70ClN6O9+. The van der Waals surface area contributed by atoms with Gasteiger partial charge in [-0.15, -0.1) is 0 Å². The molecule has 16 heteroatoms. The molecule has 0 saturated carbocycles. The third-order valence-electron chi connectivity index (χ3n) is 14.2. The molecule has 1 aliphatic carbocycles. The monoisotopic (exact) mass is 1020 g/mol. The van der Waals surface area contributed by atoms with E-state index in [-0.39, 0.29) is 36.7 Å². The first-order valence-corrected chi connectivity index (χ1v) is 25.7. The molecule has 4 N–H and O–H groups in total. The van der Waals surface area contributed by atoms with Gasteiger partial charge < -0.3 is 39.8 Å². The molecule has 2 unspecified atom stereocenters. The second-order valence-electron chi connectivity index (χ2n) is 20.6. The van der Waals surface area contributed by atoms with Gasteiger partial charge in [-0.1, -0.05) is 112 Å². The predicted octanol–water partition coefficient (Wildman–Crippen LogP) is 8.90. The van der Waals surface area contributed by atoms with Crippen molar-refractivity contribution in [2.75, 3.05) is 45.2 Å². The van der Waals surface area contributed by atoms with Gasteiger partial charge in [0, 0.05) is 35.5 Å². The van der Waals surface area contributed by atoms with Crippen LogP contribution in [0.3, 0.4) is 0 Å². The molecule has 2 aliphatic heterocycles. The lowest BCUT2D eigenvalue weighted by Gasteiger charge is -2.42. The maximum atomic E-state index is 13.8. The number of carbonyl (C=O) groups is 5. The molecule has 4 amide bonds. The number of alkyl carbamates (subject to hydrolysis) is 1. The number of nitrogens with zero attached hydrogens (tertiary/aromatic N) is 3. The molecule has 1 saturated heterocycles. The average molecular weight is 1020 g/mol. The molecule has 15 nitrogen and oxygen atoms in total. The number of ether oxygens (including phenoxy) is 3. The minimum Gasteiger partial charge on any atom is -0.457 e. The summed E-state index contributed by atoms with van der Waals surface area (Å²) in [4.78, 5) is 72.4. The summed E-state index contributed by atoms with van der Waals surface area (Å²) in [6, 6.07) is 23.7. The Morgan fingerprint density at radius 3 is 2.21 bits per heavy atom. The summed E-state index contributed by atoms with van der Waals surface area (Å²) in [7, 11) is 2.16. The number of halogens is 1. The largest absolute Gasteiger partial charge is 0.457 e. The Kier molecular flexibility index (Phi) is 18.2. The fraction of sp³-hybridized carbons (Fsp3) is 0.439. The number of piperazine rings is 1. The molecule has 388 valence electrons. The molecule has 3 aromatic carbocycles. The van der Waals surface area contributed by atoms with Gasteiger partial charge >= 0.3 is 18.2 Å². The van der Waals surface area contributed by atoms with Crippen LogP contribution in [0, 0.1) is 17.8 Å². The van der Waals surface area contributed by atoms with Gasteiger partial charge in [-0.3, -0.25) is 24.3 Å². The highest BCUT2D eigenvalue weighted by atomic mass is 35.5. The van der Waals surface area contributed by atoms with E-state index in [1.807, 2.05) is 114 Å². The number of hydrogen-bond donors (Lipinski definition) is 4. The number of benzene rings is 3. The third kappa shape index (κ3) is 14.4. The van der Waals surface area contributed by atoms with E-state index in [0.29, 0.717) is 60.8 Å². The third-order valence-corrected chi connectivity index (χ3v) is 14.5. The second-order valence-corrected chi connectivity index (χ2v) is 21.0. The van der Waals surface area contributed by atoms with E-state index in [1.54, 1.807) is 30.3 Å². The van der Waals surface area contributed by atoms with Crippen LogP contribution in [0.4, 0.5) is 15.3 Å². The summed E-state index contributed by atoms with van der Waals surface area (Å²) >= 11 is 6.17. The highest BCUT2D eigenvalue weighted by Crippen LogP contribution is 2.44. The van der Waals surface area contributed by atoms with Gasteiger partial charge in [0.05, 0.1) is 50.8 Å². The lowest BCUT2D eigenvalue weighted by Crippen LogP contribution is -2.58. The lowest BCUT2D eigenvalue weighted by molar-refractivity contribution is -0.926. The Hall–Kier alpha value is -6.55. The van der Waals surface area contributed by atoms with Gasteiger partial charge in [0.2, 0.25) is 11.8 Å². The number of esters is 1. The SMILES string of the molecule is C/C(=C\c1cncc(Cl)c1)[C@H]1OC(=O)C[C@H](O)CC[C@H](C)[C@@H](OC(=O)N2CC[N+](C)(Cc3ccc(NC(=O)C(C)NC(=O)C(NC(=O)OCC4c5ccccc5-c5ccccc54)C(C)C)cc3)CC2)/C=C/[C@@H]1C. The molecule has 0 spiro atoms. The van der Waals surface area contributed by atoms with Gasteiger partial charge in [-0.25, -0.2) is 9.59 Å². The van der Waals surface area contributed by atoms with Crippen LogP contribution >= 0.6 is 11.6 Å². The van der Waals surface area contributed by atoms with Crippen LogP contribution in [-0.2, 0) is 35.1 Å². The summed E-state index contributed by atoms with van der Waals surface area (Å²) in [5.74, 6) is -2.23. The first-order chi connectivity index (χ1) is 34.9. The number of aliphatic hydroxyl groups is 1. The summed E-state index contributed by atoms with van der Waals surface area (Å²) in [5.41, 5.74) is 7.56. The van der Waals surface area contributed by atoms with Crippen molar-refractivity contribution in [3.8, 4) is 11.1 Å². The van der Waals surface area contributed by atoms with Crippen molar-refractivity contribution in [1.29, 1.82) is 0 Å². The summed E-state index contributed by atoms with van der Waals surface area (Å²) < 4.78 is 18.5. The van der Waals surface area contributed by atoms with Gasteiger partial charge in [0.1, 0.15) is 37.4 Å². The van der Waals surface area contributed by atoms with E-state index in [4.69, 9.17) is 25.8 Å². The Morgan fingerprint density at radius 2 is 1.56 bits per heavy atom. The molecule has 0 radical (unpaired) electrons. The number of nitrogens with one attached hydrogen (secondary N) is 3. The maximum Gasteiger partial charge on any atom is 0.410 e. The fourth-order valence-electron chi connectivity index (χ4n) is 9.84. The smallest absolute Gasteiger partial charge is 0.410 e. The number of quaternary nitrogens is 1. The van der Waals surface area contributed by atoms with Crippen molar-refractivity contribution in [1.82, 2.24) is 20.5 Å². The highest BCUT2D eigenvalue weighted by Gasteiger charge is 2.35. The van der Waals surface area contributed by atoms with Gasteiger partial charge in [0.25, 0.3) is 0 Å². The maximum absolute atomic E-state index is 13.8. The first-order valence-electron chi connectivity index (χ1n) is 25.3. The van der Waals surface area contributed by atoms with E-state index in [0.717, 1.165) is 39.0 Å². The summed E-state index contributed by atoms with van der Waals surface area (Å²) in [6.45, 7) is 14.2. The normalized spacial score (nSPS) is 22.5. The molecule has 7 atom stereocenters. The zero-order valence-electron chi connectivity index (χ0n) is 42.9. The lowest BCUT2D eigenvalue weighted by atomic mass is 9.91. The predicted molar refractivity (Wildman–Crippen MR) is 281 cm³/mol. The Bertz CT molecular complexity index is 2620. The highest BCUT2D eigenvalue weighted by molar-refractivity contribution is 6.30. The Labute approximate surface area is 433 Å². The van der Waals surface area contributed by atoms with Gasteiger partial charge in [0.15, 0.2) is 0 Å². The molecule has 0 bridgehead atoms. The number of amides is 4. The van der Waals surface area contributed by atoms with Crippen LogP contribution in [0.15, 0.2) is 109 Å². The van der Waals surface area contributed by atoms with E-state index in [1.165, 1.54) is 0 Å². The van der Waals surface area contributed by atoms with Crippen molar-refractivity contribution in [3.63, 3.8) is 0 Å². The number of hydrogen-bond acceptors (Lipinski definition) is 10. The first kappa shape index (κ1) is 54.2. The van der Waals surface area contributed by atoms with Crippen molar-refractivity contribution in [2.24, 2.45) is 17.8 Å². The minimum absolute atomic E-state index is 0.111. The van der Waals surface area contributed by atoms with Gasteiger partial charge in [-0.05, 0) is 96.2 Å². The fourth-order valence-corrected chi connectivity index (χ4v) is 10.0. The van der Waals surface area contributed by atoms with E-state index < -0.39 is 60.4 Å². The number of cyclic esters (lactones) is 1. The summed E-state index contributed by atoms with van der Waals surface area (Å²) in [5, 5.41) is 19.6. The van der Waals surface area contributed by atoms with Crippen LogP contribution in [0.1, 0.15) is 89.0 Å². The van der Waals surface area contributed by atoms with E-state index in [9.17, 15) is 29.1 Å². The van der Waals surface area contributed by atoms with Gasteiger partial charge in [-0.2, -0.15) is 0 Å². The zero-order valence-corrected chi connectivity index (χ0v) is 43.6. The van der Waals surface area contributed by atoms with Crippen LogP contribution in [0.5, 0.6) is 0 Å². The Morgan fingerprint density at radius 1 is 0.904 bits per heavy atom. The second kappa shape index (κ2) is 24.4. The number of likely N-dealkylation sites (N-methyl/N-ethyl adjacent to an activating group) is 1. The number of anilines is 1. The number of fused-ring (bicyclic) bond motifs is 3. The van der Waals surface area contributed by atoms with Crippen LogP contribution in [0.2, 0.25) is 5.02 Å². The molecule has 4 aromatic rings. The average Bonchev–Trinajstić information content (AvgIpc) is 3.68. The molecule has 3 heterocycles.